The second kappa shape index (κ2) is 5.07. The highest BCUT2D eigenvalue weighted by atomic mass is 16.7. The molecule has 1 amide bonds. The van der Waals surface area contributed by atoms with Crippen LogP contribution in [0.2, 0.25) is 0 Å². The summed E-state index contributed by atoms with van der Waals surface area (Å²) in [6, 6.07) is 16.2. The second-order valence-corrected chi connectivity index (χ2v) is 5.48. The summed E-state index contributed by atoms with van der Waals surface area (Å²) in [5.41, 5.74) is 2.20. The van der Waals surface area contributed by atoms with Gasteiger partial charge in [0, 0.05) is 23.7 Å². The van der Waals surface area contributed by atoms with Crippen LogP contribution < -0.4 is 0 Å². The van der Waals surface area contributed by atoms with E-state index in [4.69, 9.17) is 4.84 Å². The molecule has 2 aromatic rings. The smallest absolute Gasteiger partial charge is 0.261 e. The Bertz CT molecular complexity index is 829. The Hall–Kier alpha value is -2.92. The molecule has 0 N–H and O–H groups in total. The highest BCUT2D eigenvalue weighted by molar-refractivity contribution is 6.13. The summed E-state index contributed by atoms with van der Waals surface area (Å²) >= 11 is 0. The molecule has 4 rings (SSSR count). The highest BCUT2D eigenvalue weighted by Crippen LogP contribution is 2.40. The summed E-state index contributed by atoms with van der Waals surface area (Å²) in [5, 5.41) is 1.48. The van der Waals surface area contributed by atoms with Crippen molar-refractivity contribution in [1.29, 1.82) is 0 Å². The zero-order valence-electron chi connectivity index (χ0n) is 12.5. The lowest BCUT2D eigenvalue weighted by Crippen LogP contribution is -2.39. The third-order valence-electron chi connectivity index (χ3n) is 4.01. The number of fused-ring (bicyclic) bond motifs is 3. The monoisotopic (exact) mass is 306 g/mol. The van der Waals surface area contributed by atoms with Gasteiger partial charge in [-0.25, -0.2) is 4.84 Å². The van der Waals surface area contributed by atoms with Crippen LogP contribution in [0.4, 0.5) is 0 Å². The molecule has 0 saturated carbocycles. The van der Waals surface area contributed by atoms with Crippen LogP contribution in [0.1, 0.15) is 32.5 Å². The molecule has 0 aromatic heterocycles. The van der Waals surface area contributed by atoms with Gasteiger partial charge in [-0.2, -0.15) is 0 Å². The number of Topliss-reactive ketones (excluding diaryl/α,β-unsaturated/α-hetero) is 1. The summed E-state index contributed by atoms with van der Waals surface area (Å²) in [6.07, 6.45) is 0.951. The van der Waals surface area contributed by atoms with Crippen molar-refractivity contribution in [3.8, 4) is 0 Å². The van der Waals surface area contributed by atoms with Gasteiger partial charge in [0.15, 0.2) is 6.23 Å². The first-order valence-electron chi connectivity index (χ1n) is 7.30. The van der Waals surface area contributed by atoms with Crippen molar-refractivity contribution in [2.75, 3.05) is 7.05 Å². The Labute approximate surface area is 133 Å². The van der Waals surface area contributed by atoms with Gasteiger partial charge in [0.1, 0.15) is 5.70 Å². The third-order valence-corrected chi connectivity index (χ3v) is 4.01. The fourth-order valence-electron chi connectivity index (χ4n) is 2.95. The van der Waals surface area contributed by atoms with Crippen molar-refractivity contribution < 1.29 is 14.4 Å². The Morgan fingerprint density at radius 1 is 1.04 bits per heavy atom. The normalized spacial score (nSPS) is 19.3. The van der Waals surface area contributed by atoms with Crippen molar-refractivity contribution in [3.05, 3.63) is 83.2 Å². The van der Waals surface area contributed by atoms with E-state index in [1.807, 2.05) is 18.2 Å². The van der Waals surface area contributed by atoms with E-state index < -0.39 is 6.23 Å². The van der Waals surface area contributed by atoms with Gasteiger partial charge in [-0.3, -0.25) is 19.6 Å². The van der Waals surface area contributed by atoms with Crippen molar-refractivity contribution in [2.24, 2.45) is 0 Å². The van der Waals surface area contributed by atoms with Gasteiger partial charge in [-0.15, -0.1) is 0 Å². The van der Waals surface area contributed by atoms with Crippen molar-refractivity contribution in [2.45, 2.75) is 6.23 Å². The zero-order chi connectivity index (χ0) is 16.0. The summed E-state index contributed by atoms with van der Waals surface area (Å²) in [7, 11) is 1.71. The van der Waals surface area contributed by atoms with Crippen LogP contribution >= 0.6 is 0 Å². The molecule has 0 saturated heterocycles. The molecular formula is C18H14N2O3. The van der Waals surface area contributed by atoms with Gasteiger partial charge in [0.25, 0.3) is 5.91 Å². The van der Waals surface area contributed by atoms with E-state index in [1.54, 1.807) is 49.6 Å². The summed E-state index contributed by atoms with van der Waals surface area (Å²) in [4.78, 5) is 32.7. The van der Waals surface area contributed by atoms with Crippen LogP contribution in [0, 0.1) is 0 Å². The lowest BCUT2D eigenvalue weighted by Gasteiger charge is -2.34. The standard InChI is InChI=1S/C18H14N2O3/c1-19-11-15(16(21)12-7-3-2-4-8-12)20-17(22)13-9-5-6-10-14(13)18(20)23-19/h2-11,18H,1H3. The third kappa shape index (κ3) is 2.05. The molecule has 2 heterocycles. The number of hydrogen-bond donors (Lipinski definition) is 0. The molecule has 2 aromatic carbocycles. The summed E-state index contributed by atoms with van der Waals surface area (Å²) in [5.74, 6) is -0.416. The first kappa shape index (κ1) is 13.7. The van der Waals surface area contributed by atoms with E-state index in [2.05, 4.69) is 0 Å². The van der Waals surface area contributed by atoms with E-state index >= 15 is 0 Å². The molecule has 0 bridgehead atoms. The maximum absolute atomic E-state index is 12.8. The van der Waals surface area contributed by atoms with Gasteiger partial charge in [-0.05, 0) is 6.07 Å². The summed E-state index contributed by atoms with van der Waals surface area (Å²) < 4.78 is 0. The Morgan fingerprint density at radius 2 is 1.74 bits per heavy atom. The Kier molecular flexibility index (Phi) is 3.02. The van der Waals surface area contributed by atoms with Crippen molar-refractivity contribution in [1.82, 2.24) is 9.96 Å². The topological polar surface area (TPSA) is 49.9 Å². The van der Waals surface area contributed by atoms with Crippen LogP contribution in [0.3, 0.4) is 0 Å². The molecule has 5 heteroatoms. The van der Waals surface area contributed by atoms with Crippen LogP contribution in [0.5, 0.6) is 0 Å². The first-order valence-corrected chi connectivity index (χ1v) is 7.30. The average Bonchev–Trinajstić information content (AvgIpc) is 2.87. The molecule has 23 heavy (non-hydrogen) atoms. The van der Waals surface area contributed by atoms with E-state index in [1.165, 1.54) is 9.96 Å². The fraction of sp³-hybridized carbons (Fsp3) is 0.111. The van der Waals surface area contributed by atoms with Crippen LogP contribution in [-0.2, 0) is 4.84 Å². The minimum atomic E-state index is -0.601. The molecule has 114 valence electrons. The molecular weight excluding hydrogens is 292 g/mol. The highest BCUT2D eigenvalue weighted by Gasteiger charge is 2.44. The van der Waals surface area contributed by atoms with Crippen LogP contribution in [0.25, 0.3) is 0 Å². The zero-order valence-corrected chi connectivity index (χ0v) is 12.5. The molecule has 5 nitrogen and oxygen atoms in total. The second-order valence-electron chi connectivity index (χ2n) is 5.48. The molecule has 0 spiro atoms. The Morgan fingerprint density at radius 3 is 2.52 bits per heavy atom. The van der Waals surface area contributed by atoms with E-state index in [0.29, 0.717) is 16.8 Å². The van der Waals surface area contributed by atoms with Crippen molar-refractivity contribution >= 4 is 11.7 Å². The molecule has 0 radical (unpaired) electrons. The van der Waals surface area contributed by atoms with Gasteiger partial charge in [0.2, 0.25) is 5.78 Å². The number of ketones is 1. The van der Waals surface area contributed by atoms with Crippen LogP contribution in [-0.4, -0.2) is 28.7 Å². The van der Waals surface area contributed by atoms with E-state index in [-0.39, 0.29) is 11.7 Å². The Balaban J connectivity index is 1.80. The lowest BCUT2D eigenvalue weighted by molar-refractivity contribution is -0.199. The van der Waals surface area contributed by atoms with Crippen molar-refractivity contribution in [3.63, 3.8) is 0 Å². The van der Waals surface area contributed by atoms with Gasteiger partial charge in [-0.1, -0.05) is 48.5 Å². The van der Waals surface area contributed by atoms with Gasteiger partial charge >= 0.3 is 0 Å². The molecule has 2 aliphatic rings. The minimum Gasteiger partial charge on any atom is -0.287 e. The maximum atomic E-state index is 12.8. The number of rotatable bonds is 2. The number of allylic oxidation sites excluding steroid dienone is 1. The number of nitrogens with zero attached hydrogens (tertiary/aromatic N) is 2. The SMILES string of the molecule is CN1C=C(C(=O)c2ccccc2)N2C(=O)c3ccccc3C2O1. The predicted molar refractivity (Wildman–Crippen MR) is 83.1 cm³/mol. The number of amides is 1. The van der Waals surface area contributed by atoms with Crippen LogP contribution in [0.15, 0.2) is 66.5 Å². The maximum Gasteiger partial charge on any atom is 0.261 e. The first-order chi connectivity index (χ1) is 11.2. The predicted octanol–water partition coefficient (Wildman–Crippen LogP) is 2.74. The van der Waals surface area contributed by atoms with Gasteiger partial charge in [0.05, 0.1) is 6.20 Å². The van der Waals surface area contributed by atoms with E-state index in [9.17, 15) is 9.59 Å². The lowest BCUT2D eigenvalue weighted by atomic mass is 10.1. The molecule has 0 fully saturated rings. The number of carbonyl (C=O) groups excluding carboxylic acids is 2. The minimum absolute atomic E-state index is 0.202. The number of carbonyl (C=O) groups is 2. The van der Waals surface area contributed by atoms with E-state index in [0.717, 1.165) is 5.56 Å². The summed E-state index contributed by atoms with van der Waals surface area (Å²) in [6.45, 7) is 0. The number of hydrogen-bond acceptors (Lipinski definition) is 4. The molecule has 1 atom stereocenters. The molecule has 2 aliphatic heterocycles. The number of hydroxylamine groups is 2. The average molecular weight is 306 g/mol. The fourth-order valence-corrected chi connectivity index (χ4v) is 2.95. The molecule has 1 unspecified atom stereocenters. The largest absolute Gasteiger partial charge is 0.287 e. The molecule has 0 aliphatic carbocycles. The van der Waals surface area contributed by atoms with Gasteiger partial charge < -0.3 is 0 Å². The quantitative estimate of drug-likeness (QED) is 0.801. The number of benzene rings is 2.